The van der Waals surface area contributed by atoms with E-state index in [1.165, 1.54) is 4.90 Å². The van der Waals surface area contributed by atoms with Crippen LogP contribution < -0.4 is 26.6 Å². The molecule has 12 heteroatoms. The van der Waals surface area contributed by atoms with Gasteiger partial charge in [-0.25, -0.2) is 0 Å². The van der Waals surface area contributed by atoms with E-state index in [4.69, 9.17) is 0 Å². The van der Waals surface area contributed by atoms with Gasteiger partial charge in [-0.15, -0.1) is 0 Å². The number of amides is 6. The minimum absolute atomic E-state index is 0.00274. The molecule has 0 aliphatic carbocycles. The van der Waals surface area contributed by atoms with Crippen LogP contribution in [0.3, 0.4) is 0 Å². The quantitative estimate of drug-likeness (QED) is 0.252. The van der Waals surface area contributed by atoms with E-state index in [2.05, 4.69) is 26.6 Å². The van der Waals surface area contributed by atoms with Gasteiger partial charge in [0.05, 0.1) is 0 Å². The standard InChI is InChI=1S/C41H58N6O6/c1-7-27(6)35-40(52)44-30(21-25(2)3)36(48)45-33(24-29-17-12-9-13-18-29)41(53)47-20-14-19-34(47)39(51)43-32(23-28-15-10-8-11-16-28)37(49)42-31(22-26(4)5)38(50)46-35/h8-13,15-18,25-27,30-35H,7,14,19-24H2,1-6H3,(H,42,49)(H,43,51)(H,44,52)(H,45,48)(H,46,50)/t27?,30-,31+,32-,33+,34+,35-/m0/s1. The van der Waals surface area contributed by atoms with Crippen LogP contribution in [0.2, 0.25) is 0 Å². The van der Waals surface area contributed by atoms with Gasteiger partial charge >= 0.3 is 0 Å². The number of carbonyl (C=O) groups excluding carboxylic acids is 6. The van der Waals surface area contributed by atoms with Crippen molar-refractivity contribution < 1.29 is 28.8 Å². The van der Waals surface area contributed by atoms with Gasteiger partial charge in [-0.05, 0) is 54.6 Å². The summed E-state index contributed by atoms with van der Waals surface area (Å²) < 4.78 is 0. The molecular weight excluding hydrogens is 672 g/mol. The molecule has 5 N–H and O–H groups in total. The minimum atomic E-state index is -1.06. The fourth-order valence-electron chi connectivity index (χ4n) is 7.05. The van der Waals surface area contributed by atoms with Crippen molar-refractivity contribution in [2.45, 2.75) is 123 Å². The number of benzene rings is 2. The fraction of sp³-hybridized carbons (Fsp3) is 0.561. The van der Waals surface area contributed by atoms with Gasteiger partial charge in [0.2, 0.25) is 35.4 Å². The normalized spacial score (nSPS) is 25.8. The van der Waals surface area contributed by atoms with E-state index in [9.17, 15) is 28.8 Å². The third-order valence-corrected chi connectivity index (χ3v) is 10.1. The Morgan fingerprint density at radius 3 is 1.57 bits per heavy atom. The Morgan fingerprint density at radius 2 is 1.04 bits per heavy atom. The van der Waals surface area contributed by atoms with Crippen LogP contribution in [0, 0.1) is 17.8 Å². The topological polar surface area (TPSA) is 166 Å². The molecule has 2 heterocycles. The molecule has 288 valence electrons. The summed E-state index contributed by atoms with van der Waals surface area (Å²) in [6.07, 6.45) is 2.38. The van der Waals surface area contributed by atoms with Gasteiger partial charge < -0.3 is 31.5 Å². The largest absolute Gasteiger partial charge is 0.343 e. The first kappa shape index (κ1) is 41.0. The maximum atomic E-state index is 14.4. The van der Waals surface area contributed by atoms with Gasteiger partial charge in [-0.1, -0.05) is 109 Å². The molecule has 2 saturated heterocycles. The number of carbonyl (C=O) groups is 6. The Bertz CT molecular complexity index is 1570. The Labute approximate surface area is 314 Å². The molecule has 0 saturated carbocycles. The molecule has 12 nitrogen and oxygen atoms in total. The summed E-state index contributed by atoms with van der Waals surface area (Å²) in [5, 5.41) is 14.5. The average molecular weight is 731 g/mol. The highest BCUT2D eigenvalue weighted by Gasteiger charge is 2.41. The SMILES string of the molecule is CCC(C)[C@@H]1NC(=O)[C@@H](CC(C)C)NC(=O)[C@H](Cc2ccccc2)NC(=O)[C@H]2CCCN2C(=O)[C@@H](Cc2ccccc2)NC(=O)[C@H](CC(C)C)NC1=O. The Kier molecular flexibility index (Phi) is 15.0. The lowest BCUT2D eigenvalue weighted by atomic mass is 9.95. The van der Waals surface area contributed by atoms with Crippen LogP contribution in [-0.4, -0.2) is 83.1 Å². The van der Waals surface area contributed by atoms with Crippen molar-refractivity contribution in [3.8, 4) is 0 Å². The predicted octanol–water partition coefficient (Wildman–Crippen LogP) is 3.04. The second kappa shape index (κ2) is 19.4. The van der Waals surface area contributed by atoms with Crippen molar-refractivity contribution in [1.29, 1.82) is 0 Å². The van der Waals surface area contributed by atoms with Crippen molar-refractivity contribution in [3.05, 3.63) is 71.8 Å². The molecule has 0 radical (unpaired) electrons. The minimum Gasteiger partial charge on any atom is -0.343 e. The molecule has 53 heavy (non-hydrogen) atoms. The molecule has 0 aromatic heterocycles. The van der Waals surface area contributed by atoms with Gasteiger partial charge in [0, 0.05) is 19.4 Å². The highest BCUT2D eigenvalue weighted by Crippen LogP contribution is 2.21. The van der Waals surface area contributed by atoms with Gasteiger partial charge in [-0.2, -0.15) is 0 Å². The second-order valence-electron chi connectivity index (χ2n) is 15.4. The molecule has 0 spiro atoms. The number of nitrogens with one attached hydrogen (secondary N) is 5. The Hall–Kier alpha value is -4.74. The lowest BCUT2D eigenvalue weighted by Gasteiger charge is -2.33. The Balaban J connectivity index is 1.79. The zero-order valence-corrected chi connectivity index (χ0v) is 32.0. The van der Waals surface area contributed by atoms with Crippen LogP contribution in [0.5, 0.6) is 0 Å². The summed E-state index contributed by atoms with van der Waals surface area (Å²) in [5.41, 5.74) is 1.61. The van der Waals surface area contributed by atoms with E-state index in [1.54, 1.807) is 0 Å². The van der Waals surface area contributed by atoms with Crippen LogP contribution in [0.4, 0.5) is 0 Å². The smallest absolute Gasteiger partial charge is 0.246 e. The van der Waals surface area contributed by atoms with Crippen molar-refractivity contribution in [2.75, 3.05) is 6.54 Å². The van der Waals surface area contributed by atoms with Crippen molar-refractivity contribution >= 4 is 35.4 Å². The van der Waals surface area contributed by atoms with E-state index >= 15 is 0 Å². The number of nitrogens with zero attached hydrogens (tertiary/aromatic N) is 1. The van der Waals surface area contributed by atoms with Crippen LogP contribution in [0.1, 0.15) is 84.8 Å². The number of hydrogen-bond acceptors (Lipinski definition) is 6. The molecule has 2 aromatic rings. The first-order valence-corrected chi connectivity index (χ1v) is 19.2. The summed E-state index contributed by atoms with van der Waals surface area (Å²) in [4.78, 5) is 86.3. The van der Waals surface area contributed by atoms with Crippen molar-refractivity contribution in [1.82, 2.24) is 31.5 Å². The van der Waals surface area contributed by atoms with Crippen LogP contribution in [0.25, 0.3) is 0 Å². The number of hydrogen-bond donors (Lipinski definition) is 5. The molecule has 1 unspecified atom stereocenters. The first-order valence-electron chi connectivity index (χ1n) is 19.2. The average Bonchev–Trinajstić information content (AvgIpc) is 3.62. The van der Waals surface area contributed by atoms with Crippen LogP contribution >= 0.6 is 0 Å². The zero-order valence-electron chi connectivity index (χ0n) is 32.0. The highest BCUT2D eigenvalue weighted by atomic mass is 16.2. The summed E-state index contributed by atoms with van der Waals surface area (Å²) >= 11 is 0. The molecule has 4 rings (SSSR count). The maximum absolute atomic E-state index is 14.4. The van der Waals surface area contributed by atoms with Crippen molar-refractivity contribution in [2.24, 2.45) is 17.8 Å². The van der Waals surface area contributed by atoms with E-state index in [1.807, 2.05) is 102 Å². The molecule has 2 aliphatic heterocycles. The molecule has 2 aliphatic rings. The van der Waals surface area contributed by atoms with E-state index in [0.717, 1.165) is 11.1 Å². The number of fused-ring (bicyclic) bond motifs is 1. The van der Waals surface area contributed by atoms with Gasteiger partial charge in [0.15, 0.2) is 0 Å². The Morgan fingerprint density at radius 1 is 0.585 bits per heavy atom. The number of rotatable bonds is 10. The summed E-state index contributed by atoms with van der Waals surface area (Å²) in [7, 11) is 0. The maximum Gasteiger partial charge on any atom is 0.246 e. The first-order chi connectivity index (χ1) is 25.3. The summed E-state index contributed by atoms with van der Waals surface area (Å²) in [5.74, 6) is -3.32. The van der Waals surface area contributed by atoms with E-state index < -0.39 is 71.7 Å². The van der Waals surface area contributed by atoms with E-state index in [-0.39, 0.29) is 43.4 Å². The summed E-state index contributed by atoms with van der Waals surface area (Å²) in [6.45, 7) is 11.8. The lowest BCUT2D eigenvalue weighted by Crippen LogP contribution is -2.62. The molecular formula is C41H58N6O6. The molecule has 7 atom stereocenters. The molecule has 2 fully saturated rings. The van der Waals surface area contributed by atoms with Crippen LogP contribution in [0.15, 0.2) is 60.7 Å². The predicted molar refractivity (Wildman–Crippen MR) is 203 cm³/mol. The summed E-state index contributed by atoms with van der Waals surface area (Å²) in [6, 6.07) is 12.6. The van der Waals surface area contributed by atoms with E-state index in [0.29, 0.717) is 25.8 Å². The zero-order chi connectivity index (χ0) is 38.7. The lowest BCUT2D eigenvalue weighted by molar-refractivity contribution is -0.143. The third kappa shape index (κ3) is 11.6. The second-order valence-corrected chi connectivity index (χ2v) is 15.4. The third-order valence-electron chi connectivity index (χ3n) is 10.1. The van der Waals surface area contributed by atoms with Gasteiger partial charge in [0.1, 0.15) is 36.3 Å². The van der Waals surface area contributed by atoms with Gasteiger partial charge in [-0.3, -0.25) is 28.8 Å². The van der Waals surface area contributed by atoms with Crippen LogP contribution in [-0.2, 0) is 41.6 Å². The molecule has 6 amide bonds. The molecule has 2 aromatic carbocycles. The van der Waals surface area contributed by atoms with Crippen molar-refractivity contribution in [3.63, 3.8) is 0 Å². The van der Waals surface area contributed by atoms with Gasteiger partial charge in [0.25, 0.3) is 0 Å². The monoisotopic (exact) mass is 730 g/mol. The fourth-order valence-corrected chi connectivity index (χ4v) is 7.05. The highest BCUT2D eigenvalue weighted by molar-refractivity contribution is 5.98. The molecule has 0 bridgehead atoms.